The van der Waals surface area contributed by atoms with E-state index in [4.69, 9.17) is 23.2 Å². The average molecular weight is 395 g/mol. The van der Waals surface area contributed by atoms with E-state index in [1.165, 1.54) is 0 Å². The van der Waals surface area contributed by atoms with Crippen molar-refractivity contribution in [1.29, 1.82) is 0 Å². The molecule has 1 atom stereocenters. The monoisotopic (exact) mass is 393 g/mol. The van der Waals surface area contributed by atoms with Crippen LogP contribution in [0, 0.1) is 0 Å². The fourth-order valence-electron chi connectivity index (χ4n) is 2.60. The van der Waals surface area contributed by atoms with Crippen molar-refractivity contribution in [3.05, 3.63) is 28.2 Å². The molecule has 0 aromatic heterocycles. The molecule has 0 radical (unpaired) electrons. The maximum atomic E-state index is 12.5. The highest BCUT2D eigenvalue weighted by Crippen LogP contribution is 2.29. The van der Waals surface area contributed by atoms with E-state index >= 15 is 0 Å². The number of halogens is 3. The maximum absolute atomic E-state index is 12.5. The third-order valence-electron chi connectivity index (χ3n) is 3.86. The van der Waals surface area contributed by atoms with E-state index in [2.05, 4.69) is 10.6 Å². The van der Waals surface area contributed by atoms with Crippen LogP contribution in [-0.4, -0.2) is 42.4 Å². The third kappa shape index (κ3) is 5.52. The van der Waals surface area contributed by atoms with Crippen molar-refractivity contribution in [3.63, 3.8) is 0 Å². The maximum Gasteiger partial charge on any atom is 0.244 e. The number of nitrogens with one attached hydrogen (secondary N) is 2. The summed E-state index contributed by atoms with van der Waals surface area (Å²) in [5.41, 5.74) is 0.375. The van der Waals surface area contributed by atoms with E-state index in [9.17, 15) is 9.59 Å². The molecule has 0 spiro atoms. The highest BCUT2D eigenvalue weighted by molar-refractivity contribution is 6.39. The van der Waals surface area contributed by atoms with Crippen LogP contribution >= 0.6 is 35.6 Å². The molecule has 1 aromatic carbocycles. The Bertz CT molecular complexity index is 557. The lowest BCUT2D eigenvalue weighted by atomic mass is 10.0. The molecule has 134 valence electrons. The Balaban J connectivity index is 0.00000288. The number of benzene rings is 1. The Labute approximate surface area is 158 Å². The molecule has 1 aromatic rings. The average Bonchev–Trinajstić information content (AvgIpc) is 2.56. The van der Waals surface area contributed by atoms with Gasteiger partial charge in [-0.2, -0.15) is 0 Å². The number of piperidine rings is 1. The zero-order chi connectivity index (χ0) is 16.8. The predicted molar refractivity (Wildman–Crippen MR) is 100 cm³/mol. The Morgan fingerprint density at radius 3 is 2.50 bits per heavy atom. The number of nitrogens with zero attached hydrogens (tertiary/aromatic N) is 1. The molecule has 1 heterocycles. The lowest BCUT2D eigenvalue weighted by Gasteiger charge is -2.29. The van der Waals surface area contributed by atoms with Crippen LogP contribution in [0.15, 0.2) is 18.2 Å². The van der Waals surface area contributed by atoms with Gasteiger partial charge >= 0.3 is 0 Å². The summed E-state index contributed by atoms with van der Waals surface area (Å²) in [7, 11) is 0. The summed E-state index contributed by atoms with van der Waals surface area (Å²) < 4.78 is 0. The van der Waals surface area contributed by atoms with Gasteiger partial charge in [-0.1, -0.05) is 35.7 Å². The largest absolute Gasteiger partial charge is 0.332 e. The van der Waals surface area contributed by atoms with Crippen LogP contribution in [-0.2, 0) is 9.59 Å². The van der Waals surface area contributed by atoms with Crippen LogP contribution in [0.25, 0.3) is 0 Å². The second-order valence-electron chi connectivity index (χ2n) is 5.50. The van der Waals surface area contributed by atoms with Crippen molar-refractivity contribution >= 4 is 53.1 Å². The minimum atomic E-state index is -0.314. The molecule has 0 aliphatic carbocycles. The molecule has 5 nitrogen and oxygen atoms in total. The molecule has 2 N–H and O–H groups in total. The SMILES string of the molecule is CCN(CC(=O)Nc1c(Cl)cccc1Cl)C(=O)[C@@H]1CCCCN1.Cl. The molecule has 8 heteroatoms. The van der Waals surface area contributed by atoms with E-state index in [-0.39, 0.29) is 36.8 Å². The summed E-state index contributed by atoms with van der Waals surface area (Å²) in [5, 5.41) is 6.63. The van der Waals surface area contributed by atoms with E-state index in [0.717, 1.165) is 25.8 Å². The minimum Gasteiger partial charge on any atom is -0.332 e. The van der Waals surface area contributed by atoms with Gasteiger partial charge in [0.1, 0.15) is 0 Å². The second-order valence-corrected chi connectivity index (χ2v) is 6.31. The minimum absolute atomic E-state index is 0. The van der Waals surface area contributed by atoms with Crippen molar-refractivity contribution < 1.29 is 9.59 Å². The van der Waals surface area contributed by atoms with Crippen molar-refractivity contribution in [2.24, 2.45) is 0 Å². The van der Waals surface area contributed by atoms with Crippen molar-refractivity contribution in [2.75, 3.05) is 25.0 Å². The number of carbonyl (C=O) groups excluding carboxylic acids is 2. The summed E-state index contributed by atoms with van der Waals surface area (Å²) in [4.78, 5) is 26.3. The van der Waals surface area contributed by atoms with Gasteiger partial charge in [0, 0.05) is 6.54 Å². The number of carbonyl (C=O) groups is 2. The lowest BCUT2D eigenvalue weighted by Crippen LogP contribution is -2.50. The number of para-hydroxylation sites is 1. The molecule has 1 aliphatic heterocycles. The standard InChI is InChI=1S/C16H21Cl2N3O2.ClH/c1-2-21(16(23)13-8-3-4-9-19-13)10-14(22)20-15-11(17)6-5-7-12(15)18;/h5-7,13,19H,2-4,8-10H2,1H3,(H,20,22);1H/t13-;/m0./s1. The molecule has 2 rings (SSSR count). The molecule has 0 bridgehead atoms. The zero-order valence-electron chi connectivity index (χ0n) is 13.5. The number of amides is 2. The van der Waals surface area contributed by atoms with Crippen molar-refractivity contribution in [2.45, 2.75) is 32.2 Å². The summed E-state index contributed by atoms with van der Waals surface area (Å²) in [6.07, 6.45) is 2.93. The van der Waals surface area contributed by atoms with E-state index < -0.39 is 0 Å². The Morgan fingerprint density at radius 2 is 1.96 bits per heavy atom. The quantitative estimate of drug-likeness (QED) is 0.805. The van der Waals surface area contributed by atoms with E-state index in [1.807, 2.05) is 6.92 Å². The first-order valence-electron chi connectivity index (χ1n) is 7.79. The fraction of sp³-hybridized carbons (Fsp3) is 0.500. The Morgan fingerprint density at radius 1 is 1.29 bits per heavy atom. The van der Waals surface area contributed by atoms with Gasteiger partial charge in [0.2, 0.25) is 11.8 Å². The molecule has 2 amide bonds. The van der Waals surface area contributed by atoms with Crippen LogP contribution < -0.4 is 10.6 Å². The Kier molecular flexibility index (Phi) is 8.84. The molecule has 0 saturated carbocycles. The number of anilines is 1. The van der Waals surface area contributed by atoms with Crippen LogP contribution in [0.1, 0.15) is 26.2 Å². The summed E-state index contributed by atoms with van der Waals surface area (Å²) in [6.45, 7) is 3.15. The summed E-state index contributed by atoms with van der Waals surface area (Å²) in [6, 6.07) is 4.81. The van der Waals surface area contributed by atoms with Gasteiger partial charge in [0.05, 0.1) is 28.3 Å². The first-order chi connectivity index (χ1) is 11.0. The van der Waals surface area contributed by atoms with E-state index in [1.54, 1.807) is 23.1 Å². The van der Waals surface area contributed by atoms with Crippen molar-refractivity contribution in [1.82, 2.24) is 10.2 Å². The van der Waals surface area contributed by atoms with Crippen LogP contribution in [0.2, 0.25) is 10.0 Å². The van der Waals surface area contributed by atoms with Gasteiger partial charge in [0.15, 0.2) is 0 Å². The number of hydrogen-bond donors (Lipinski definition) is 2. The first kappa shape index (κ1) is 21.0. The molecular weight excluding hydrogens is 373 g/mol. The van der Waals surface area contributed by atoms with Gasteiger partial charge in [-0.05, 0) is 38.4 Å². The van der Waals surface area contributed by atoms with Gasteiger partial charge in [-0.15, -0.1) is 12.4 Å². The van der Waals surface area contributed by atoms with Gasteiger partial charge in [0.25, 0.3) is 0 Å². The van der Waals surface area contributed by atoms with Gasteiger partial charge in [-0.3, -0.25) is 9.59 Å². The zero-order valence-corrected chi connectivity index (χ0v) is 15.8. The fourth-order valence-corrected chi connectivity index (χ4v) is 3.09. The topological polar surface area (TPSA) is 61.4 Å². The lowest BCUT2D eigenvalue weighted by molar-refractivity contribution is -0.136. The highest BCUT2D eigenvalue weighted by atomic mass is 35.5. The molecule has 1 saturated heterocycles. The van der Waals surface area contributed by atoms with Crippen LogP contribution in [0.4, 0.5) is 5.69 Å². The van der Waals surface area contributed by atoms with E-state index in [0.29, 0.717) is 22.3 Å². The normalized spacial score (nSPS) is 16.9. The number of likely N-dealkylation sites (N-methyl/N-ethyl adjacent to an activating group) is 1. The van der Waals surface area contributed by atoms with Gasteiger partial charge in [-0.25, -0.2) is 0 Å². The number of hydrogen-bond acceptors (Lipinski definition) is 3. The summed E-state index contributed by atoms with van der Waals surface area (Å²) in [5.74, 6) is -0.349. The van der Waals surface area contributed by atoms with Crippen molar-refractivity contribution in [3.8, 4) is 0 Å². The van der Waals surface area contributed by atoms with Crippen LogP contribution in [0.3, 0.4) is 0 Å². The number of rotatable bonds is 5. The Hall–Kier alpha value is -1.01. The highest BCUT2D eigenvalue weighted by Gasteiger charge is 2.26. The molecule has 0 unspecified atom stereocenters. The molecule has 1 fully saturated rings. The second kappa shape index (κ2) is 10.1. The molecular formula is C16H22Cl3N3O2. The molecule has 1 aliphatic rings. The smallest absolute Gasteiger partial charge is 0.244 e. The molecule has 24 heavy (non-hydrogen) atoms. The predicted octanol–water partition coefficient (Wildman–Crippen LogP) is 3.34. The first-order valence-corrected chi connectivity index (χ1v) is 8.54. The van der Waals surface area contributed by atoms with Gasteiger partial charge < -0.3 is 15.5 Å². The van der Waals surface area contributed by atoms with Crippen LogP contribution in [0.5, 0.6) is 0 Å². The third-order valence-corrected chi connectivity index (χ3v) is 4.49. The summed E-state index contributed by atoms with van der Waals surface area (Å²) >= 11 is 12.1.